The van der Waals surface area contributed by atoms with Crippen LogP contribution in [-0.2, 0) is 4.79 Å². The minimum absolute atomic E-state index is 0.0898. The Morgan fingerprint density at radius 2 is 1.75 bits per heavy atom. The molecule has 0 aliphatic heterocycles. The molecule has 0 bridgehead atoms. The number of hydrogen-bond acceptors (Lipinski definition) is 1. The molecular formula is C10H20O2. The van der Waals surface area contributed by atoms with Gasteiger partial charge in [0.05, 0.1) is 0 Å². The smallest absolute Gasteiger partial charge is 0.303 e. The molecule has 0 aliphatic carbocycles. The van der Waals surface area contributed by atoms with Gasteiger partial charge in [0.1, 0.15) is 0 Å². The highest BCUT2D eigenvalue weighted by Crippen LogP contribution is 2.34. The van der Waals surface area contributed by atoms with E-state index in [1.807, 2.05) is 0 Å². The van der Waals surface area contributed by atoms with E-state index in [2.05, 4.69) is 34.6 Å². The second kappa shape index (κ2) is 3.92. The van der Waals surface area contributed by atoms with E-state index in [1.165, 1.54) is 0 Å². The third-order valence-corrected chi connectivity index (χ3v) is 2.31. The second-order valence-electron chi connectivity index (χ2n) is 4.81. The van der Waals surface area contributed by atoms with E-state index in [9.17, 15) is 4.79 Å². The van der Waals surface area contributed by atoms with Gasteiger partial charge in [0.25, 0.3) is 0 Å². The van der Waals surface area contributed by atoms with Crippen molar-refractivity contribution in [3.63, 3.8) is 0 Å². The van der Waals surface area contributed by atoms with Gasteiger partial charge in [0.2, 0.25) is 0 Å². The van der Waals surface area contributed by atoms with Crippen LogP contribution in [0, 0.1) is 17.3 Å². The van der Waals surface area contributed by atoms with E-state index >= 15 is 0 Å². The Balaban J connectivity index is 4.35. The van der Waals surface area contributed by atoms with Crippen molar-refractivity contribution >= 4 is 5.97 Å². The molecule has 0 aromatic carbocycles. The Bertz CT molecular complexity index is 154. The Morgan fingerprint density at radius 1 is 1.33 bits per heavy atom. The molecule has 72 valence electrons. The van der Waals surface area contributed by atoms with E-state index in [0.29, 0.717) is 5.92 Å². The van der Waals surface area contributed by atoms with Crippen molar-refractivity contribution < 1.29 is 9.90 Å². The molecular weight excluding hydrogens is 152 g/mol. The summed E-state index contributed by atoms with van der Waals surface area (Å²) in [4.78, 5) is 10.6. The van der Waals surface area contributed by atoms with E-state index < -0.39 is 5.97 Å². The predicted molar refractivity (Wildman–Crippen MR) is 50.0 cm³/mol. The average molecular weight is 172 g/mol. The molecule has 0 amide bonds. The van der Waals surface area contributed by atoms with Gasteiger partial charge in [0, 0.05) is 6.42 Å². The van der Waals surface area contributed by atoms with Crippen LogP contribution in [0.25, 0.3) is 0 Å². The normalized spacial score (nSPS) is 14.8. The summed E-state index contributed by atoms with van der Waals surface area (Å²) in [6, 6.07) is 0. The topological polar surface area (TPSA) is 37.3 Å². The zero-order chi connectivity index (χ0) is 9.94. The Kier molecular flexibility index (Phi) is 3.75. The van der Waals surface area contributed by atoms with Gasteiger partial charge in [-0.2, -0.15) is 0 Å². The minimum Gasteiger partial charge on any atom is -0.481 e. The molecule has 2 nitrogen and oxygen atoms in total. The summed E-state index contributed by atoms with van der Waals surface area (Å²) in [6.45, 7) is 10.5. The number of carboxylic acid groups (broad SMARTS) is 1. The van der Waals surface area contributed by atoms with Gasteiger partial charge in [-0.25, -0.2) is 0 Å². The standard InChI is InChI=1S/C10H20O2/c1-7(2)8(6-9(11)12)10(3,4)5/h7-8H,6H2,1-5H3,(H,11,12)/t8-/m0/s1. The van der Waals surface area contributed by atoms with Crippen LogP contribution in [0.5, 0.6) is 0 Å². The second-order valence-corrected chi connectivity index (χ2v) is 4.81. The highest BCUT2D eigenvalue weighted by Gasteiger charge is 2.29. The van der Waals surface area contributed by atoms with Crippen LogP contribution in [0.15, 0.2) is 0 Å². The molecule has 0 saturated heterocycles. The molecule has 0 aromatic rings. The Labute approximate surface area is 75.0 Å². The van der Waals surface area contributed by atoms with Crippen LogP contribution >= 0.6 is 0 Å². The van der Waals surface area contributed by atoms with Crippen molar-refractivity contribution in [2.24, 2.45) is 17.3 Å². The van der Waals surface area contributed by atoms with Crippen LogP contribution in [0.4, 0.5) is 0 Å². The summed E-state index contributed by atoms with van der Waals surface area (Å²) >= 11 is 0. The first kappa shape index (κ1) is 11.5. The lowest BCUT2D eigenvalue weighted by atomic mass is 9.72. The number of hydrogen-bond donors (Lipinski definition) is 1. The molecule has 0 heterocycles. The summed E-state index contributed by atoms with van der Waals surface area (Å²) in [5.41, 5.74) is 0.0898. The van der Waals surface area contributed by atoms with Crippen LogP contribution in [-0.4, -0.2) is 11.1 Å². The SMILES string of the molecule is CC(C)[C@H](CC(=O)O)C(C)(C)C. The van der Waals surface area contributed by atoms with Crippen molar-refractivity contribution in [3.8, 4) is 0 Å². The molecule has 0 saturated carbocycles. The maximum absolute atomic E-state index is 10.6. The molecule has 0 radical (unpaired) electrons. The van der Waals surface area contributed by atoms with E-state index in [0.717, 1.165) is 0 Å². The van der Waals surface area contributed by atoms with Gasteiger partial charge in [-0.15, -0.1) is 0 Å². The highest BCUT2D eigenvalue weighted by molar-refractivity contribution is 5.67. The first-order valence-electron chi connectivity index (χ1n) is 4.47. The van der Waals surface area contributed by atoms with Crippen molar-refractivity contribution in [2.75, 3.05) is 0 Å². The van der Waals surface area contributed by atoms with Gasteiger partial charge in [-0.3, -0.25) is 4.79 Å². The molecule has 0 aromatic heterocycles. The average Bonchev–Trinajstić information content (AvgIpc) is 1.79. The molecule has 1 N–H and O–H groups in total. The van der Waals surface area contributed by atoms with E-state index in [4.69, 9.17) is 5.11 Å². The van der Waals surface area contributed by atoms with Crippen LogP contribution in [0.3, 0.4) is 0 Å². The summed E-state index contributed by atoms with van der Waals surface area (Å²) in [6.07, 6.45) is 0.279. The molecule has 2 heteroatoms. The lowest BCUT2D eigenvalue weighted by Gasteiger charge is -2.32. The van der Waals surface area contributed by atoms with Gasteiger partial charge in [0.15, 0.2) is 0 Å². The number of carbonyl (C=O) groups is 1. The fraction of sp³-hybridized carbons (Fsp3) is 0.900. The molecule has 12 heavy (non-hydrogen) atoms. The van der Waals surface area contributed by atoms with Gasteiger partial charge >= 0.3 is 5.97 Å². The van der Waals surface area contributed by atoms with Crippen molar-refractivity contribution in [1.29, 1.82) is 0 Å². The summed E-state index contributed by atoms with van der Waals surface area (Å²) in [7, 11) is 0. The summed E-state index contributed by atoms with van der Waals surface area (Å²) < 4.78 is 0. The Hall–Kier alpha value is -0.530. The largest absolute Gasteiger partial charge is 0.481 e. The Morgan fingerprint density at radius 3 is 1.83 bits per heavy atom. The van der Waals surface area contributed by atoms with Gasteiger partial charge < -0.3 is 5.11 Å². The van der Waals surface area contributed by atoms with E-state index in [1.54, 1.807) is 0 Å². The minimum atomic E-state index is -0.691. The molecule has 0 rings (SSSR count). The predicted octanol–water partition coefficient (Wildman–Crippen LogP) is 2.78. The molecule has 0 unspecified atom stereocenters. The molecule has 1 atom stereocenters. The first-order chi connectivity index (χ1) is 5.25. The molecule has 0 spiro atoms. The first-order valence-corrected chi connectivity index (χ1v) is 4.47. The summed E-state index contributed by atoms with van der Waals surface area (Å²) in [5.74, 6) is -0.000255. The maximum atomic E-state index is 10.6. The lowest BCUT2D eigenvalue weighted by molar-refractivity contribution is -0.139. The zero-order valence-corrected chi connectivity index (χ0v) is 8.72. The quantitative estimate of drug-likeness (QED) is 0.710. The van der Waals surface area contributed by atoms with Crippen LogP contribution in [0.2, 0.25) is 0 Å². The molecule has 0 fully saturated rings. The monoisotopic (exact) mass is 172 g/mol. The molecule has 0 aliphatic rings. The van der Waals surface area contributed by atoms with E-state index in [-0.39, 0.29) is 17.8 Å². The van der Waals surface area contributed by atoms with Crippen LogP contribution in [0.1, 0.15) is 41.0 Å². The fourth-order valence-electron chi connectivity index (χ4n) is 1.73. The number of rotatable bonds is 3. The van der Waals surface area contributed by atoms with Crippen molar-refractivity contribution in [1.82, 2.24) is 0 Å². The zero-order valence-electron chi connectivity index (χ0n) is 8.72. The number of carboxylic acids is 1. The van der Waals surface area contributed by atoms with Gasteiger partial charge in [-0.05, 0) is 17.3 Å². The third-order valence-electron chi connectivity index (χ3n) is 2.31. The van der Waals surface area contributed by atoms with Gasteiger partial charge in [-0.1, -0.05) is 34.6 Å². The van der Waals surface area contributed by atoms with Crippen molar-refractivity contribution in [3.05, 3.63) is 0 Å². The lowest BCUT2D eigenvalue weighted by Crippen LogP contribution is -2.27. The summed E-state index contributed by atoms with van der Waals surface area (Å²) in [5, 5.41) is 8.70. The highest BCUT2D eigenvalue weighted by atomic mass is 16.4. The third kappa shape index (κ3) is 3.74. The van der Waals surface area contributed by atoms with Crippen LogP contribution < -0.4 is 0 Å². The maximum Gasteiger partial charge on any atom is 0.303 e. The fourth-order valence-corrected chi connectivity index (χ4v) is 1.73. The number of aliphatic carboxylic acids is 1. The van der Waals surface area contributed by atoms with Crippen molar-refractivity contribution in [2.45, 2.75) is 41.0 Å².